The third kappa shape index (κ3) is 5.19. The van der Waals surface area contributed by atoms with E-state index in [9.17, 15) is 31.5 Å². The second kappa shape index (κ2) is 9.54. The Bertz CT molecular complexity index is 1250. The number of pyridine rings is 1. The average molecular weight is 482 g/mol. The van der Waals surface area contributed by atoms with Crippen LogP contribution in [0.3, 0.4) is 0 Å². The molecule has 0 atom stereocenters. The molecule has 0 saturated heterocycles. The number of H-pyrrole nitrogens is 1. The minimum atomic E-state index is -5.86. The number of hydrogen-bond acceptors (Lipinski definition) is 4. The summed E-state index contributed by atoms with van der Waals surface area (Å²) in [6.07, 6.45) is -3.95. The first-order valence-corrected chi connectivity index (χ1v) is 9.90. The number of carbonyl (C=O) groups is 1. The van der Waals surface area contributed by atoms with Gasteiger partial charge in [-0.15, -0.1) is 0 Å². The number of benzene rings is 2. The molecule has 6 nitrogen and oxygen atoms in total. The third-order valence-electron chi connectivity index (χ3n) is 4.83. The number of anilines is 1. The Morgan fingerprint density at radius 1 is 0.971 bits per heavy atom. The van der Waals surface area contributed by atoms with E-state index in [1.54, 1.807) is 12.1 Å². The average Bonchev–Trinajstić information content (AvgIpc) is 2.78. The number of aryl methyl sites for hydroxylation is 1. The lowest BCUT2D eigenvalue weighted by atomic mass is 10.0. The predicted molar refractivity (Wildman–Crippen MR) is 114 cm³/mol. The van der Waals surface area contributed by atoms with Crippen LogP contribution in [-0.4, -0.2) is 24.2 Å². The first-order valence-electron chi connectivity index (χ1n) is 9.90. The molecule has 3 aromatic rings. The van der Waals surface area contributed by atoms with Crippen molar-refractivity contribution in [3.05, 3.63) is 81.8 Å². The molecule has 0 aliphatic carbocycles. The summed E-state index contributed by atoms with van der Waals surface area (Å²) in [5.74, 6) is -6.47. The number of nitrogens with one attached hydrogen (secondary N) is 2. The molecule has 0 spiro atoms. The standard InChI is InChI=1S/C23H19F5N2O4/c1-3-13-4-7-17(19(10-13)33-2)34-18-11-14(22(24,25)23(26,27)28)5-6-16(18)21(32)30-15-8-9-29-20(31)12-15/h4-12H,3H2,1-2H3,(H2,29,30,31,32). The number of methoxy groups -OCH3 is 1. The highest BCUT2D eigenvalue weighted by Gasteiger charge is 2.58. The maximum absolute atomic E-state index is 14.0. The molecule has 2 N–H and O–H groups in total. The molecule has 0 bridgehead atoms. The van der Waals surface area contributed by atoms with Crippen molar-refractivity contribution in [1.29, 1.82) is 0 Å². The zero-order chi connectivity index (χ0) is 25.1. The number of carbonyl (C=O) groups excluding carboxylic acids is 1. The summed E-state index contributed by atoms with van der Waals surface area (Å²) >= 11 is 0. The molecule has 1 heterocycles. The summed E-state index contributed by atoms with van der Waals surface area (Å²) in [7, 11) is 1.33. The van der Waals surface area contributed by atoms with Crippen LogP contribution in [0, 0.1) is 0 Å². The lowest BCUT2D eigenvalue weighted by molar-refractivity contribution is -0.289. The maximum Gasteiger partial charge on any atom is 0.458 e. The fraction of sp³-hybridized carbons (Fsp3) is 0.217. The molecular weight excluding hydrogens is 463 g/mol. The van der Waals surface area contributed by atoms with Crippen molar-refractivity contribution in [3.63, 3.8) is 0 Å². The van der Waals surface area contributed by atoms with Gasteiger partial charge in [0.25, 0.3) is 5.91 Å². The van der Waals surface area contributed by atoms with Gasteiger partial charge < -0.3 is 19.8 Å². The van der Waals surface area contributed by atoms with Crippen LogP contribution >= 0.6 is 0 Å². The van der Waals surface area contributed by atoms with Gasteiger partial charge in [-0.25, -0.2) is 0 Å². The molecule has 0 unspecified atom stereocenters. The number of alkyl halides is 5. The number of aromatic nitrogens is 1. The topological polar surface area (TPSA) is 80.4 Å². The monoisotopic (exact) mass is 482 g/mol. The number of halogens is 5. The minimum Gasteiger partial charge on any atom is -0.493 e. The molecule has 0 aliphatic heterocycles. The smallest absolute Gasteiger partial charge is 0.458 e. The van der Waals surface area contributed by atoms with E-state index < -0.39 is 34.9 Å². The van der Waals surface area contributed by atoms with E-state index in [4.69, 9.17) is 9.47 Å². The van der Waals surface area contributed by atoms with Crippen molar-refractivity contribution in [2.75, 3.05) is 12.4 Å². The SMILES string of the molecule is CCc1ccc(Oc2cc(C(F)(F)C(F)(F)F)ccc2C(=O)Nc2cc[nH]c(=O)c2)c(OC)c1. The zero-order valence-electron chi connectivity index (χ0n) is 17.9. The van der Waals surface area contributed by atoms with Crippen molar-refractivity contribution in [1.82, 2.24) is 4.98 Å². The molecule has 3 rings (SSSR count). The van der Waals surface area contributed by atoms with Gasteiger partial charge in [-0.2, -0.15) is 22.0 Å². The van der Waals surface area contributed by atoms with Crippen molar-refractivity contribution >= 4 is 11.6 Å². The molecule has 0 radical (unpaired) electrons. The number of rotatable bonds is 7. The fourth-order valence-corrected chi connectivity index (χ4v) is 3.01. The van der Waals surface area contributed by atoms with Crippen LogP contribution in [-0.2, 0) is 12.3 Å². The van der Waals surface area contributed by atoms with Crippen LogP contribution in [0.5, 0.6) is 17.2 Å². The van der Waals surface area contributed by atoms with E-state index in [0.717, 1.165) is 17.7 Å². The first kappa shape index (κ1) is 24.7. The fourth-order valence-electron chi connectivity index (χ4n) is 3.01. The lowest BCUT2D eigenvalue weighted by Gasteiger charge is -2.21. The van der Waals surface area contributed by atoms with Gasteiger partial charge in [-0.3, -0.25) is 9.59 Å². The Hall–Kier alpha value is -3.89. The maximum atomic E-state index is 14.0. The van der Waals surface area contributed by atoms with E-state index in [0.29, 0.717) is 18.6 Å². The van der Waals surface area contributed by atoms with E-state index in [2.05, 4.69) is 10.3 Å². The van der Waals surface area contributed by atoms with Gasteiger partial charge >= 0.3 is 12.1 Å². The van der Waals surface area contributed by atoms with E-state index in [1.165, 1.54) is 25.4 Å². The Labute approximate surface area is 190 Å². The number of ether oxygens (including phenoxy) is 2. The highest BCUT2D eigenvalue weighted by Crippen LogP contribution is 2.45. The summed E-state index contributed by atoms with van der Waals surface area (Å²) in [6.45, 7) is 1.88. The van der Waals surface area contributed by atoms with Gasteiger partial charge in [0, 0.05) is 23.5 Å². The molecular formula is C23H19F5N2O4. The molecule has 2 aromatic carbocycles. The number of aromatic amines is 1. The Morgan fingerprint density at radius 3 is 2.32 bits per heavy atom. The van der Waals surface area contributed by atoms with Crippen molar-refractivity contribution in [2.24, 2.45) is 0 Å². The van der Waals surface area contributed by atoms with Crippen LogP contribution in [0.25, 0.3) is 0 Å². The van der Waals surface area contributed by atoms with Gasteiger partial charge in [0.05, 0.1) is 12.7 Å². The Balaban J connectivity index is 2.08. The van der Waals surface area contributed by atoms with Crippen LogP contribution < -0.4 is 20.3 Å². The highest BCUT2D eigenvalue weighted by atomic mass is 19.4. The quantitative estimate of drug-likeness (QED) is 0.427. The van der Waals surface area contributed by atoms with Gasteiger partial charge in [0.15, 0.2) is 11.5 Å². The number of hydrogen-bond donors (Lipinski definition) is 2. The summed E-state index contributed by atoms with van der Waals surface area (Å²) in [4.78, 5) is 26.6. The largest absolute Gasteiger partial charge is 0.493 e. The zero-order valence-corrected chi connectivity index (χ0v) is 17.9. The molecule has 0 saturated carbocycles. The van der Waals surface area contributed by atoms with Crippen LogP contribution in [0.1, 0.15) is 28.4 Å². The molecule has 180 valence electrons. The van der Waals surface area contributed by atoms with Crippen molar-refractivity contribution in [2.45, 2.75) is 25.4 Å². The Kier molecular flexibility index (Phi) is 6.94. The molecule has 34 heavy (non-hydrogen) atoms. The van der Waals surface area contributed by atoms with Crippen LogP contribution in [0.2, 0.25) is 0 Å². The molecule has 0 aliphatic rings. The molecule has 1 aromatic heterocycles. The van der Waals surface area contributed by atoms with Gasteiger partial charge in [-0.05, 0) is 42.3 Å². The van der Waals surface area contributed by atoms with Gasteiger partial charge in [0.1, 0.15) is 5.75 Å². The summed E-state index contributed by atoms with van der Waals surface area (Å²) in [5, 5.41) is 2.38. The first-order chi connectivity index (χ1) is 16.0. The lowest BCUT2D eigenvalue weighted by Crippen LogP contribution is -2.33. The normalized spacial score (nSPS) is 11.7. The summed E-state index contributed by atoms with van der Waals surface area (Å²) < 4.78 is 77.7. The molecule has 1 amide bonds. The van der Waals surface area contributed by atoms with Crippen molar-refractivity contribution < 1.29 is 36.2 Å². The second-order valence-electron chi connectivity index (χ2n) is 7.12. The van der Waals surface area contributed by atoms with Crippen LogP contribution in [0.4, 0.5) is 27.6 Å². The van der Waals surface area contributed by atoms with E-state index in [-0.39, 0.29) is 22.7 Å². The van der Waals surface area contributed by atoms with E-state index in [1.807, 2.05) is 6.92 Å². The van der Waals surface area contributed by atoms with E-state index >= 15 is 0 Å². The van der Waals surface area contributed by atoms with Crippen molar-refractivity contribution in [3.8, 4) is 17.2 Å². The molecule has 11 heteroatoms. The van der Waals surface area contributed by atoms with Gasteiger partial charge in [0.2, 0.25) is 5.56 Å². The van der Waals surface area contributed by atoms with Gasteiger partial charge in [-0.1, -0.05) is 19.1 Å². The van der Waals surface area contributed by atoms with Crippen LogP contribution in [0.15, 0.2) is 59.5 Å². The Morgan fingerprint density at radius 2 is 1.71 bits per heavy atom. The predicted octanol–water partition coefficient (Wildman–Crippen LogP) is 5.64. The highest BCUT2D eigenvalue weighted by molar-refractivity contribution is 6.06. The molecule has 0 fully saturated rings. The summed E-state index contributed by atoms with van der Waals surface area (Å²) in [6, 6.07) is 8.87. The third-order valence-corrected chi connectivity index (χ3v) is 4.83. The summed E-state index contributed by atoms with van der Waals surface area (Å²) in [5.41, 5.74) is -1.34. The number of amides is 1. The second-order valence-corrected chi connectivity index (χ2v) is 7.12. The minimum absolute atomic E-state index is 0.00243.